The van der Waals surface area contributed by atoms with Crippen LogP contribution in [0.1, 0.15) is 12.5 Å². The molecule has 0 spiro atoms. The number of nitrogens with zero attached hydrogens (tertiary/aromatic N) is 1. The zero-order valence-electron chi connectivity index (χ0n) is 10.5. The molecular weight excluding hydrogens is 242 g/mol. The summed E-state index contributed by atoms with van der Waals surface area (Å²) in [6, 6.07) is 10.0. The van der Waals surface area contributed by atoms with E-state index in [0.717, 1.165) is 5.39 Å². The van der Waals surface area contributed by atoms with Crippen LogP contribution in [0.3, 0.4) is 0 Å². The molecule has 0 aliphatic carbocycles. The summed E-state index contributed by atoms with van der Waals surface area (Å²) in [4.78, 5) is 13.8. The first kappa shape index (κ1) is 18.5. The minimum Gasteiger partial charge on any atom is -0.254 e. The molecule has 1 aromatic rings. The van der Waals surface area contributed by atoms with Gasteiger partial charge in [-0.3, -0.25) is 14.5 Å². The first-order valence-electron chi connectivity index (χ1n) is 4.97. The molecule has 0 heterocycles. The first-order chi connectivity index (χ1) is 7.78. The largest absolute Gasteiger partial charge is 0.254 e. The van der Waals surface area contributed by atoms with E-state index in [1.54, 1.807) is 0 Å². The summed E-state index contributed by atoms with van der Waals surface area (Å²) in [7, 11) is 2.92. The molecule has 0 saturated heterocycles. The lowest BCUT2D eigenvalue weighted by molar-refractivity contribution is -0.509. The summed E-state index contributed by atoms with van der Waals surface area (Å²) in [5, 5.41) is 0.931. The summed E-state index contributed by atoms with van der Waals surface area (Å²) in [6.45, 7) is 6.00. The van der Waals surface area contributed by atoms with Crippen molar-refractivity contribution >= 4 is 18.5 Å². The van der Waals surface area contributed by atoms with Gasteiger partial charge in [0.05, 0.1) is 26.2 Å². The van der Waals surface area contributed by atoms with Crippen LogP contribution in [0.5, 0.6) is 0 Å². The van der Waals surface area contributed by atoms with Crippen LogP contribution in [-0.4, -0.2) is 26.2 Å². The van der Waals surface area contributed by atoms with E-state index in [2.05, 4.69) is 16.3 Å². The highest BCUT2D eigenvalue weighted by molar-refractivity contribution is 5.85. The Morgan fingerprint density at radius 3 is 1.94 bits per heavy atom. The van der Waals surface area contributed by atoms with Crippen LogP contribution in [-0.2, 0) is 14.5 Å². The highest BCUT2D eigenvalue weighted by Gasteiger charge is 1.95. The smallest absolute Gasteiger partial charge is 0.0761 e. The van der Waals surface area contributed by atoms with Crippen molar-refractivity contribution in [3.8, 4) is 0 Å². The van der Waals surface area contributed by atoms with Crippen molar-refractivity contribution in [2.75, 3.05) is 20.8 Å². The quantitative estimate of drug-likeness (QED) is 0.762. The summed E-state index contributed by atoms with van der Waals surface area (Å²) < 4.78 is 0. The summed E-state index contributed by atoms with van der Waals surface area (Å²) >= 11 is 0. The van der Waals surface area contributed by atoms with Gasteiger partial charge in [0.25, 0.3) is 0 Å². The second-order valence-corrected chi connectivity index (χ2v) is 2.62. The standard InChI is InChI=1S/C8H8.C4H11NO3.ClH/c1-2-8-6-4-3-5-7-8;1-4-8-5(6-2)7-3;/h2-7H,1H2;4H2,1-3H3;1H. The van der Waals surface area contributed by atoms with Gasteiger partial charge in [0.15, 0.2) is 0 Å². The van der Waals surface area contributed by atoms with Gasteiger partial charge in [-0.25, -0.2) is 0 Å². The van der Waals surface area contributed by atoms with Gasteiger partial charge in [0, 0.05) is 0 Å². The Balaban J connectivity index is 0. The molecule has 0 radical (unpaired) electrons. The molecule has 4 nitrogen and oxygen atoms in total. The maximum Gasteiger partial charge on any atom is 0.0761 e. The third-order valence-corrected chi connectivity index (χ3v) is 1.57. The van der Waals surface area contributed by atoms with Gasteiger partial charge in [-0.15, -0.1) is 12.4 Å². The summed E-state index contributed by atoms with van der Waals surface area (Å²) in [5.41, 5.74) is 1.17. The Morgan fingerprint density at radius 1 is 1.18 bits per heavy atom. The average Bonchev–Trinajstić information content (AvgIpc) is 2.37. The Hall–Kier alpha value is -0.910. The number of hydrogen-bond acceptors (Lipinski definition) is 4. The lowest BCUT2D eigenvalue weighted by atomic mass is 10.2. The normalized spacial score (nSPS) is 8.94. The zero-order chi connectivity index (χ0) is 12.2. The fourth-order valence-electron chi connectivity index (χ4n) is 0.874. The van der Waals surface area contributed by atoms with Crippen LogP contribution in [0.4, 0.5) is 0 Å². The van der Waals surface area contributed by atoms with E-state index in [4.69, 9.17) is 4.84 Å². The maximum absolute atomic E-state index is 4.73. The Bertz CT molecular complexity index is 266. The van der Waals surface area contributed by atoms with Gasteiger partial charge in [-0.1, -0.05) is 43.0 Å². The number of rotatable bonds is 5. The van der Waals surface area contributed by atoms with Gasteiger partial charge in [0.1, 0.15) is 0 Å². The molecule has 1 rings (SSSR count). The second-order valence-electron chi connectivity index (χ2n) is 2.62. The number of hydrogen-bond donors (Lipinski definition) is 0. The molecule has 98 valence electrons. The summed E-state index contributed by atoms with van der Waals surface area (Å²) in [5.74, 6) is 0. The molecule has 0 N–H and O–H groups in total. The molecule has 0 fully saturated rings. The first-order valence-corrected chi connectivity index (χ1v) is 4.97. The SMILES string of the molecule is C=Cc1ccccc1.CCON(OC)OC.Cl. The van der Waals surface area contributed by atoms with Crippen molar-refractivity contribution in [3.63, 3.8) is 0 Å². The van der Waals surface area contributed by atoms with Gasteiger partial charge < -0.3 is 0 Å². The predicted octanol–water partition coefficient (Wildman–Crippen LogP) is 3.11. The molecule has 5 heteroatoms. The van der Waals surface area contributed by atoms with E-state index in [9.17, 15) is 0 Å². The van der Waals surface area contributed by atoms with Gasteiger partial charge >= 0.3 is 0 Å². The lowest BCUT2D eigenvalue weighted by Gasteiger charge is -2.12. The third-order valence-electron chi connectivity index (χ3n) is 1.57. The van der Waals surface area contributed by atoms with Crippen molar-refractivity contribution in [3.05, 3.63) is 42.5 Å². The van der Waals surface area contributed by atoms with Crippen LogP contribution in [0.25, 0.3) is 6.08 Å². The molecule has 0 aliphatic heterocycles. The van der Waals surface area contributed by atoms with Crippen molar-refractivity contribution in [2.45, 2.75) is 6.92 Å². The van der Waals surface area contributed by atoms with E-state index in [1.165, 1.54) is 19.8 Å². The Labute approximate surface area is 109 Å². The third kappa shape index (κ3) is 9.99. The molecule has 17 heavy (non-hydrogen) atoms. The summed E-state index contributed by atoms with van der Waals surface area (Å²) in [6.07, 6.45) is 1.83. The minimum absolute atomic E-state index is 0. The van der Waals surface area contributed by atoms with Crippen LogP contribution >= 0.6 is 12.4 Å². The lowest BCUT2D eigenvalue weighted by Crippen LogP contribution is -2.20. The van der Waals surface area contributed by atoms with Crippen LogP contribution < -0.4 is 0 Å². The number of halogens is 1. The van der Waals surface area contributed by atoms with Crippen molar-refractivity contribution in [1.82, 2.24) is 5.39 Å². The highest BCUT2D eigenvalue weighted by Crippen LogP contribution is 1.97. The zero-order valence-corrected chi connectivity index (χ0v) is 11.3. The molecule has 1 aromatic carbocycles. The molecule has 0 aromatic heterocycles. The molecule has 0 amide bonds. The van der Waals surface area contributed by atoms with Crippen LogP contribution in [0.2, 0.25) is 0 Å². The Kier molecular flexibility index (Phi) is 14.3. The maximum atomic E-state index is 4.73. The molecular formula is C12H20ClNO3. The fraction of sp³-hybridized carbons (Fsp3) is 0.333. The van der Waals surface area contributed by atoms with Crippen LogP contribution in [0, 0.1) is 0 Å². The van der Waals surface area contributed by atoms with E-state index >= 15 is 0 Å². The van der Waals surface area contributed by atoms with E-state index < -0.39 is 0 Å². The number of benzene rings is 1. The second kappa shape index (κ2) is 13.2. The molecule has 0 aliphatic rings. The van der Waals surface area contributed by atoms with E-state index in [-0.39, 0.29) is 12.4 Å². The van der Waals surface area contributed by atoms with Gasteiger partial charge in [0.2, 0.25) is 0 Å². The minimum atomic E-state index is 0. The Morgan fingerprint density at radius 2 is 1.71 bits per heavy atom. The van der Waals surface area contributed by atoms with E-state index in [0.29, 0.717) is 6.61 Å². The topological polar surface area (TPSA) is 30.9 Å². The van der Waals surface area contributed by atoms with Gasteiger partial charge in [-0.05, 0) is 12.5 Å². The van der Waals surface area contributed by atoms with Crippen molar-refractivity contribution in [1.29, 1.82) is 0 Å². The van der Waals surface area contributed by atoms with Gasteiger partial charge in [-0.2, -0.15) is 0 Å². The molecule has 0 atom stereocenters. The van der Waals surface area contributed by atoms with Crippen molar-refractivity contribution < 1.29 is 14.5 Å². The molecule has 0 unspecified atom stereocenters. The van der Waals surface area contributed by atoms with Crippen molar-refractivity contribution in [2.24, 2.45) is 0 Å². The predicted molar refractivity (Wildman–Crippen MR) is 71.3 cm³/mol. The average molecular weight is 262 g/mol. The van der Waals surface area contributed by atoms with E-state index in [1.807, 2.05) is 43.3 Å². The fourth-order valence-corrected chi connectivity index (χ4v) is 0.874. The highest BCUT2D eigenvalue weighted by atomic mass is 35.5. The van der Waals surface area contributed by atoms with Crippen LogP contribution in [0.15, 0.2) is 36.9 Å². The monoisotopic (exact) mass is 261 g/mol. The molecule has 0 saturated carbocycles. The molecule has 0 bridgehead atoms.